The summed E-state index contributed by atoms with van der Waals surface area (Å²) in [6, 6.07) is 7.47. The van der Waals surface area contributed by atoms with Gasteiger partial charge in [0.15, 0.2) is 5.78 Å². The first-order chi connectivity index (χ1) is 13.3. The Kier molecular flexibility index (Phi) is 4.21. The molecule has 1 heterocycles. The molecule has 7 heteroatoms. The topological polar surface area (TPSA) is 64.7 Å². The van der Waals surface area contributed by atoms with Gasteiger partial charge >= 0.3 is 0 Å². The summed E-state index contributed by atoms with van der Waals surface area (Å²) < 4.78 is 47.9. The molecule has 1 saturated carbocycles. The normalized spacial score (nSPS) is 22.5. The third kappa shape index (κ3) is 2.85. The summed E-state index contributed by atoms with van der Waals surface area (Å²) in [5.74, 6) is -3.02. The average molecular weight is 388 g/mol. The number of aliphatic imine (C=N–C) groups is 1. The summed E-state index contributed by atoms with van der Waals surface area (Å²) in [6.07, 6.45) is 1.39. The van der Waals surface area contributed by atoms with Crippen molar-refractivity contribution in [1.82, 2.24) is 0 Å². The number of nitrogens with two attached hydrogens (primary N) is 1. The molecule has 0 amide bonds. The lowest BCUT2D eigenvalue weighted by molar-refractivity contribution is 0.0984. The van der Waals surface area contributed by atoms with Crippen LogP contribution >= 0.6 is 0 Å². The van der Waals surface area contributed by atoms with Gasteiger partial charge in [-0.1, -0.05) is 12.1 Å². The van der Waals surface area contributed by atoms with Crippen molar-refractivity contribution in [3.63, 3.8) is 0 Å². The number of carbonyl (C=O) groups excluding carboxylic acids is 1. The molecule has 0 saturated heterocycles. The van der Waals surface area contributed by atoms with Crippen molar-refractivity contribution < 1.29 is 22.7 Å². The fourth-order valence-corrected chi connectivity index (χ4v) is 3.95. The maximum atomic E-state index is 14.7. The zero-order valence-corrected chi connectivity index (χ0v) is 15.3. The number of ether oxygens (including phenoxy) is 1. The molecule has 1 atom stereocenters. The zero-order chi connectivity index (χ0) is 20.1. The maximum absolute atomic E-state index is 14.7. The molecule has 146 valence electrons. The van der Waals surface area contributed by atoms with Gasteiger partial charge < -0.3 is 10.5 Å². The molecule has 0 aromatic heterocycles. The van der Waals surface area contributed by atoms with Crippen molar-refractivity contribution in [2.45, 2.75) is 31.7 Å². The van der Waals surface area contributed by atoms with Crippen LogP contribution in [-0.4, -0.2) is 18.4 Å². The third-order valence-corrected chi connectivity index (χ3v) is 5.88. The molecule has 2 aromatic carbocycles. The van der Waals surface area contributed by atoms with Gasteiger partial charge in [-0.15, -0.1) is 0 Å². The van der Waals surface area contributed by atoms with E-state index < -0.39 is 34.3 Å². The van der Waals surface area contributed by atoms with E-state index in [0.29, 0.717) is 17.7 Å². The number of benzene rings is 2. The second-order valence-corrected chi connectivity index (χ2v) is 7.60. The van der Waals surface area contributed by atoms with Gasteiger partial charge in [0.1, 0.15) is 17.5 Å². The lowest BCUT2D eigenvalue weighted by Crippen LogP contribution is -2.43. The van der Waals surface area contributed by atoms with Crippen molar-refractivity contribution in [1.29, 1.82) is 0 Å². The fraction of sp³-hybridized carbons (Fsp3) is 0.333. The van der Waals surface area contributed by atoms with Crippen molar-refractivity contribution in [2.24, 2.45) is 16.1 Å². The minimum Gasteiger partial charge on any atom is -0.465 e. The number of carbonyl (C=O) groups is 1. The van der Waals surface area contributed by atoms with Crippen molar-refractivity contribution in [3.05, 3.63) is 70.5 Å². The van der Waals surface area contributed by atoms with E-state index in [1.54, 1.807) is 6.92 Å². The lowest BCUT2D eigenvalue weighted by atomic mass is 9.76. The highest BCUT2D eigenvalue weighted by atomic mass is 19.1. The second-order valence-electron chi connectivity index (χ2n) is 7.60. The van der Waals surface area contributed by atoms with Crippen molar-refractivity contribution in [2.75, 3.05) is 6.61 Å². The van der Waals surface area contributed by atoms with Crippen molar-refractivity contribution >= 4 is 11.8 Å². The van der Waals surface area contributed by atoms with E-state index in [1.807, 2.05) is 0 Å². The third-order valence-electron chi connectivity index (χ3n) is 5.88. The molecule has 4 nitrogen and oxygen atoms in total. The van der Waals surface area contributed by atoms with Crippen LogP contribution in [0.15, 0.2) is 41.4 Å². The van der Waals surface area contributed by atoms with Gasteiger partial charge in [0.05, 0.1) is 17.7 Å². The number of ketones is 1. The molecule has 0 bridgehead atoms. The first-order valence-corrected chi connectivity index (χ1v) is 9.00. The summed E-state index contributed by atoms with van der Waals surface area (Å²) in [7, 11) is 0. The summed E-state index contributed by atoms with van der Waals surface area (Å²) in [5, 5.41) is 0. The molecule has 1 aliphatic heterocycles. The van der Waals surface area contributed by atoms with Crippen molar-refractivity contribution in [3.8, 4) is 0 Å². The van der Waals surface area contributed by atoms with Crippen LogP contribution in [0.3, 0.4) is 0 Å². The number of hydrogen-bond donors (Lipinski definition) is 1. The van der Waals surface area contributed by atoms with Crippen LogP contribution in [0.4, 0.5) is 13.2 Å². The van der Waals surface area contributed by atoms with Crippen LogP contribution in [0.25, 0.3) is 0 Å². The Labute approximate surface area is 160 Å². The summed E-state index contributed by atoms with van der Waals surface area (Å²) >= 11 is 0. The van der Waals surface area contributed by atoms with Gasteiger partial charge in [-0.05, 0) is 49.6 Å². The largest absolute Gasteiger partial charge is 0.465 e. The molecule has 0 unspecified atom stereocenters. The Morgan fingerprint density at radius 2 is 1.82 bits per heavy atom. The van der Waals surface area contributed by atoms with E-state index in [1.165, 1.54) is 24.3 Å². The van der Waals surface area contributed by atoms with E-state index >= 15 is 0 Å². The SMILES string of the molecule is C[C@]1(c2cc(CC(=O)c3c(F)cccc3F)ccc2F)N=C(N)OCC12CC2. The second kappa shape index (κ2) is 6.36. The molecular formula is C21H19F3N2O2. The number of Topliss-reactive ketones (excluding diaryl/α,β-unsaturated/α-hetero) is 1. The van der Waals surface area contributed by atoms with Gasteiger partial charge in [0.2, 0.25) is 0 Å². The van der Waals surface area contributed by atoms with Gasteiger partial charge in [0, 0.05) is 17.4 Å². The van der Waals surface area contributed by atoms with Gasteiger partial charge in [0.25, 0.3) is 6.02 Å². The summed E-state index contributed by atoms with van der Waals surface area (Å²) in [6.45, 7) is 2.15. The minimum atomic E-state index is -0.929. The summed E-state index contributed by atoms with van der Waals surface area (Å²) in [5.41, 5.74) is 4.63. The first kappa shape index (κ1) is 18.5. The van der Waals surface area contributed by atoms with E-state index in [9.17, 15) is 18.0 Å². The Bertz CT molecular complexity index is 981. The number of halogens is 3. The smallest absolute Gasteiger partial charge is 0.282 e. The molecule has 1 spiro atoms. The molecule has 1 aliphatic carbocycles. The number of rotatable bonds is 4. The summed E-state index contributed by atoms with van der Waals surface area (Å²) in [4.78, 5) is 16.9. The Hall–Kier alpha value is -2.83. The predicted octanol–water partition coefficient (Wildman–Crippen LogP) is 3.87. The first-order valence-electron chi connectivity index (χ1n) is 9.00. The van der Waals surface area contributed by atoms with E-state index in [2.05, 4.69) is 4.99 Å². The standard InChI is InChI=1S/C21H19F3N2O2/c1-20(21(7-8-21)11-28-19(25)26-20)13-9-12(5-6-14(13)22)10-17(27)18-15(23)3-2-4-16(18)24/h2-6,9H,7-8,10-11H2,1H3,(H2,25,26)/t20-/m1/s1. The average Bonchev–Trinajstić information content (AvgIpc) is 3.42. The highest BCUT2D eigenvalue weighted by Gasteiger charge is 2.61. The lowest BCUT2D eigenvalue weighted by Gasteiger charge is -2.38. The van der Waals surface area contributed by atoms with E-state index in [0.717, 1.165) is 25.0 Å². The maximum Gasteiger partial charge on any atom is 0.282 e. The van der Waals surface area contributed by atoms with Crippen LogP contribution in [0, 0.1) is 22.9 Å². The highest BCUT2D eigenvalue weighted by Crippen LogP contribution is 2.62. The quantitative estimate of drug-likeness (QED) is 0.809. The number of hydrogen-bond acceptors (Lipinski definition) is 4. The Balaban J connectivity index is 1.71. The molecule has 1 fully saturated rings. The Morgan fingerprint density at radius 3 is 2.46 bits per heavy atom. The van der Waals surface area contributed by atoms with Crippen LogP contribution in [0.1, 0.15) is 41.3 Å². The van der Waals surface area contributed by atoms with Crippen LogP contribution in [0.2, 0.25) is 0 Å². The molecule has 2 aromatic rings. The number of amidine groups is 1. The van der Waals surface area contributed by atoms with Gasteiger partial charge in [-0.3, -0.25) is 4.79 Å². The monoisotopic (exact) mass is 388 g/mol. The molecule has 2 N–H and O–H groups in total. The number of nitrogens with zero attached hydrogens (tertiary/aromatic N) is 1. The van der Waals surface area contributed by atoms with Crippen LogP contribution in [0.5, 0.6) is 0 Å². The minimum absolute atomic E-state index is 0.00525. The zero-order valence-electron chi connectivity index (χ0n) is 15.3. The molecular weight excluding hydrogens is 369 g/mol. The highest BCUT2D eigenvalue weighted by molar-refractivity contribution is 5.98. The van der Waals surface area contributed by atoms with Crippen LogP contribution in [-0.2, 0) is 16.7 Å². The molecule has 4 rings (SSSR count). The molecule has 0 radical (unpaired) electrons. The van der Waals surface area contributed by atoms with Gasteiger partial charge in [-0.25, -0.2) is 18.2 Å². The van der Waals surface area contributed by atoms with Crippen LogP contribution < -0.4 is 5.73 Å². The van der Waals surface area contributed by atoms with E-state index in [4.69, 9.17) is 10.5 Å². The molecule has 28 heavy (non-hydrogen) atoms. The fourth-order valence-electron chi connectivity index (χ4n) is 3.95. The van der Waals surface area contributed by atoms with E-state index in [-0.39, 0.29) is 17.9 Å². The Morgan fingerprint density at radius 1 is 1.14 bits per heavy atom. The van der Waals surface area contributed by atoms with Gasteiger partial charge in [-0.2, -0.15) is 0 Å². The predicted molar refractivity (Wildman–Crippen MR) is 97.4 cm³/mol. The molecule has 2 aliphatic rings.